The number of likely N-dealkylation sites (N-methyl/N-ethyl adjacent to an activating group) is 1. The summed E-state index contributed by atoms with van der Waals surface area (Å²) in [6.45, 7) is 7.22. The Hall–Kier alpha value is -1.26. The zero-order chi connectivity index (χ0) is 14.7. The van der Waals surface area contributed by atoms with Gasteiger partial charge in [-0.15, -0.1) is 0 Å². The average molecular weight is 278 g/mol. The van der Waals surface area contributed by atoms with Crippen LogP contribution in [0.1, 0.15) is 31.9 Å². The summed E-state index contributed by atoms with van der Waals surface area (Å²) < 4.78 is 5.43. The molecule has 0 spiro atoms. The molecule has 1 saturated heterocycles. The van der Waals surface area contributed by atoms with Crippen LogP contribution in [0.25, 0.3) is 0 Å². The first-order chi connectivity index (χ1) is 9.54. The number of nitrogens with zero attached hydrogens (tertiary/aromatic N) is 2. The zero-order valence-corrected chi connectivity index (χ0v) is 13.0. The molecule has 1 N–H and O–H groups in total. The summed E-state index contributed by atoms with van der Waals surface area (Å²) in [7, 11) is 3.83. The lowest BCUT2D eigenvalue weighted by Gasteiger charge is -2.33. The lowest BCUT2D eigenvalue weighted by molar-refractivity contribution is 0.194. The molecule has 0 aliphatic carbocycles. The number of anilines is 1. The third-order valence-electron chi connectivity index (χ3n) is 4.04. The lowest BCUT2D eigenvalue weighted by atomic mass is 10.0. The molecule has 0 bridgehead atoms. The second kappa shape index (κ2) is 6.46. The fourth-order valence-electron chi connectivity index (χ4n) is 3.11. The topological polar surface area (TPSA) is 35.9 Å². The summed E-state index contributed by atoms with van der Waals surface area (Å²) in [6, 6.07) is 6.43. The molecule has 0 radical (unpaired) electrons. The molecule has 1 aromatic rings. The standard InChI is InChI=1S/C16H26N2O2/c1-12-11-17(3)9-6-10-18(12)14-7-5-8-15(20-4)16(14)13(2)19/h5,7-8,12-13,19H,6,9-11H2,1-4H3/t12?,13-/m1/s1. The van der Waals surface area contributed by atoms with E-state index in [0.717, 1.165) is 43.1 Å². The van der Waals surface area contributed by atoms with E-state index in [1.807, 2.05) is 12.1 Å². The summed E-state index contributed by atoms with van der Waals surface area (Å²) in [5.41, 5.74) is 1.99. The number of aliphatic hydroxyl groups excluding tert-OH is 1. The van der Waals surface area contributed by atoms with Gasteiger partial charge in [0.05, 0.1) is 13.2 Å². The molecule has 1 unspecified atom stereocenters. The SMILES string of the molecule is COc1cccc(N2CCCN(C)CC2C)c1[C@@H](C)O. The van der Waals surface area contributed by atoms with Crippen molar-refractivity contribution in [2.45, 2.75) is 32.4 Å². The van der Waals surface area contributed by atoms with Crippen LogP contribution in [-0.2, 0) is 0 Å². The monoisotopic (exact) mass is 278 g/mol. The maximum absolute atomic E-state index is 10.1. The van der Waals surface area contributed by atoms with Gasteiger partial charge in [-0.05, 0) is 46.0 Å². The highest BCUT2D eigenvalue weighted by molar-refractivity contribution is 5.61. The summed E-state index contributed by atoms with van der Waals surface area (Å²) in [5.74, 6) is 0.766. The van der Waals surface area contributed by atoms with E-state index in [4.69, 9.17) is 4.74 Å². The zero-order valence-electron chi connectivity index (χ0n) is 13.0. The van der Waals surface area contributed by atoms with Gasteiger partial charge in [-0.3, -0.25) is 0 Å². The second-order valence-corrected chi connectivity index (χ2v) is 5.73. The van der Waals surface area contributed by atoms with Gasteiger partial charge in [0.2, 0.25) is 0 Å². The van der Waals surface area contributed by atoms with Crippen molar-refractivity contribution in [2.75, 3.05) is 38.7 Å². The van der Waals surface area contributed by atoms with E-state index < -0.39 is 6.10 Å². The molecule has 0 aromatic heterocycles. The van der Waals surface area contributed by atoms with E-state index in [9.17, 15) is 5.11 Å². The average Bonchev–Trinajstić information content (AvgIpc) is 2.58. The molecule has 20 heavy (non-hydrogen) atoms. The number of methoxy groups -OCH3 is 1. The minimum Gasteiger partial charge on any atom is -0.496 e. The predicted molar refractivity (Wildman–Crippen MR) is 82.5 cm³/mol. The van der Waals surface area contributed by atoms with Gasteiger partial charge in [0, 0.05) is 30.4 Å². The Bertz CT molecular complexity index is 448. The van der Waals surface area contributed by atoms with Gasteiger partial charge in [-0.1, -0.05) is 6.07 Å². The van der Waals surface area contributed by atoms with E-state index in [2.05, 4.69) is 29.8 Å². The van der Waals surface area contributed by atoms with Crippen molar-refractivity contribution < 1.29 is 9.84 Å². The Labute approximate surface area is 122 Å². The Balaban J connectivity index is 2.40. The Kier molecular flexibility index (Phi) is 4.89. The molecule has 1 aromatic carbocycles. The molecular weight excluding hydrogens is 252 g/mol. The van der Waals surface area contributed by atoms with E-state index in [-0.39, 0.29) is 0 Å². The van der Waals surface area contributed by atoms with Crippen molar-refractivity contribution in [3.63, 3.8) is 0 Å². The smallest absolute Gasteiger partial charge is 0.126 e. The van der Waals surface area contributed by atoms with Crippen LogP contribution in [0.5, 0.6) is 5.75 Å². The molecule has 112 valence electrons. The summed E-state index contributed by atoms with van der Waals surface area (Å²) in [6.07, 6.45) is 0.603. The fraction of sp³-hybridized carbons (Fsp3) is 0.625. The van der Waals surface area contributed by atoms with Crippen LogP contribution < -0.4 is 9.64 Å². The molecule has 1 aliphatic rings. The Morgan fingerprint density at radius 2 is 2.10 bits per heavy atom. The van der Waals surface area contributed by atoms with E-state index >= 15 is 0 Å². The van der Waals surface area contributed by atoms with Gasteiger partial charge in [-0.25, -0.2) is 0 Å². The van der Waals surface area contributed by atoms with Crippen molar-refractivity contribution in [3.05, 3.63) is 23.8 Å². The number of rotatable bonds is 3. The van der Waals surface area contributed by atoms with Crippen LogP contribution in [0.3, 0.4) is 0 Å². The van der Waals surface area contributed by atoms with Gasteiger partial charge in [0.25, 0.3) is 0 Å². The van der Waals surface area contributed by atoms with Crippen molar-refractivity contribution in [2.24, 2.45) is 0 Å². The van der Waals surface area contributed by atoms with Crippen LogP contribution in [-0.4, -0.2) is 49.8 Å². The first kappa shape index (κ1) is 15.1. The van der Waals surface area contributed by atoms with Crippen molar-refractivity contribution in [1.82, 2.24) is 4.90 Å². The number of aliphatic hydroxyl groups is 1. The first-order valence-corrected chi connectivity index (χ1v) is 7.34. The van der Waals surface area contributed by atoms with Gasteiger partial charge in [0.1, 0.15) is 5.75 Å². The second-order valence-electron chi connectivity index (χ2n) is 5.73. The molecule has 4 heteroatoms. The van der Waals surface area contributed by atoms with Crippen molar-refractivity contribution in [1.29, 1.82) is 0 Å². The number of hydrogen-bond acceptors (Lipinski definition) is 4. The van der Waals surface area contributed by atoms with Gasteiger partial charge in [-0.2, -0.15) is 0 Å². The lowest BCUT2D eigenvalue weighted by Crippen LogP contribution is -2.38. The minimum atomic E-state index is -0.533. The molecule has 1 aliphatic heterocycles. The summed E-state index contributed by atoms with van der Waals surface area (Å²) in [4.78, 5) is 4.76. The van der Waals surface area contributed by atoms with E-state index in [0.29, 0.717) is 6.04 Å². The largest absolute Gasteiger partial charge is 0.496 e. The van der Waals surface area contributed by atoms with E-state index in [1.165, 1.54) is 0 Å². The summed E-state index contributed by atoms with van der Waals surface area (Å²) >= 11 is 0. The number of hydrogen-bond donors (Lipinski definition) is 1. The van der Waals surface area contributed by atoms with Crippen LogP contribution in [0.4, 0.5) is 5.69 Å². The molecule has 2 atom stereocenters. The quantitative estimate of drug-likeness (QED) is 0.920. The first-order valence-electron chi connectivity index (χ1n) is 7.34. The molecule has 2 rings (SSSR count). The highest BCUT2D eigenvalue weighted by Crippen LogP contribution is 2.36. The van der Waals surface area contributed by atoms with Gasteiger partial charge >= 0.3 is 0 Å². The Morgan fingerprint density at radius 1 is 1.35 bits per heavy atom. The van der Waals surface area contributed by atoms with Crippen molar-refractivity contribution >= 4 is 5.69 Å². The highest BCUT2D eigenvalue weighted by atomic mass is 16.5. The summed E-state index contributed by atoms with van der Waals surface area (Å²) in [5, 5.41) is 10.1. The van der Waals surface area contributed by atoms with Crippen LogP contribution >= 0.6 is 0 Å². The van der Waals surface area contributed by atoms with Crippen LogP contribution in [0, 0.1) is 0 Å². The number of benzene rings is 1. The Morgan fingerprint density at radius 3 is 2.75 bits per heavy atom. The molecular formula is C16H26N2O2. The predicted octanol–water partition coefficient (Wildman–Crippen LogP) is 2.28. The molecule has 4 nitrogen and oxygen atoms in total. The molecule has 0 saturated carbocycles. The van der Waals surface area contributed by atoms with Gasteiger partial charge in [0.15, 0.2) is 0 Å². The third-order valence-corrected chi connectivity index (χ3v) is 4.04. The third kappa shape index (κ3) is 3.07. The molecule has 1 fully saturated rings. The normalized spacial score (nSPS) is 22.4. The molecule has 0 amide bonds. The maximum Gasteiger partial charge on any atom is 0.126 e. The maximum atomic E-state index is 10.1. The molecule has 1 heterocycles. The van der Waals surface area contributed by atoms with Gasteiger partial charge < -0.3 is 19.6 Å². The fourth-order valence-corrected chi connectivity index (χ4v) is 3.11. The highest BCUT2D eigenvalue weighted by Gasteiger charge is 2.24. The number of ether oxygens (including phenoxy) is 1. The van der Waals surface area contributed by atoms with Crippen LogP contribution in [0.2, 0.25) is 0 Å². The van der Waals surface area contributed by atoms with Crippen LogP contribution in [0.15, 0.2) is 18.2 Å². The van der Waals surface area contributed by atoms with E-state index in [1.54, 1.807) is 14.0 Å². The van der Waals surface area contributed by atoms with Crippen molar-refractivity contribution in [3.8, 4) is 5.75 Å². The minimum absolute atomic E-state index is 0.423.